The van der Waals surface area contributed by atoms with Gasteiger partial charge in [-0.3, -0.25) is 4.79 Å². The van der Waals surface area contributed by atoms with Gasteiger partial charge >= 0.3 is 0 Å². The lowest BCUT2D eigenvalue weighted by molar-refractivity contribution is 0.307. The summed E-state index contributed by atoms with van der Waals surface area (Å²) in [6.07, 6.45) is 3.76. The molecular formula is C24H22ClN3O2S. The SMILES string of the molecule is Cc1onc2c1c(=O)n(C1CCCC(NC(=S)c3ccccc3)C1)c1cccc(Cl)c21. The normalized spacial score (nSPS) is 19.0. The fraction of sp³-hybridized carbons (Fsp3) is 0.292. The summed E-state index contributed by atoms with van der Waals surface area (Å²) in [6, 6.07) is 15.9. The van der Waals surface area contributed by atoms with Crippen molar-refractivity contribution in [3.63, 3.8) is 0 Å². The minimum absolute atomic E-state index is 0.0389. The van der Waals surface area contributed by atoms with E-state index in [1.165, 1.54) is 0 Å². The molecule has 0 aliphatic heterocycles. The average Bonchev–Trinajstić information content (AvgIpc) is 3.16. The minimum atomic E-state index is -0.0696. The Morgan fingerprint density at radius 3 is 2.77 bits per heavy atom. The molecule has 1 N–H and O–H groups in total. The number of hydrogen-bond donors (Lipinski definition) is 1. The Morgan fingerprint density at radius 2 is 1.97 bits per heavy atom. The molecule has 0 saturated heterocycles. The van der Waals surface area contributed by atoms with Crippen LogP contribution in [0.15, 0.2) is 57.8 Å². The minimum Gasteiger partial charge on any atom is -0.373 e. The van der Waals surface area contributed by atoms with Gasteiger partial charge in [-0.1, -0.05) is 65.4 Å². The molecule has 0 radical (unpaired) electrons. The van der Waals surface area contributed by atoms with Gasteiger partial charge in [0.2, 0.25) is 0 Å². The first kappa shape index (κ1) is 20.2. The van der Waals surface area contributed by atoms with E-state index in [-0.39, 0.29) is 17.6 Å². The van der Waals surface area contributed by atoms with E-state index in [4.69, 9.17) is 28.3 Å². The number of aryl methyl sites for hydroxylation is 1. The number of pyridine rings is 1. The van der Waals surface area contributed by atoms with Gasteiger partial charge in [0.05, 0.1) is 10.5 Å². The van der Waals surface area contributed by atoms with E-state index in [0.717, 1.165) is 47.1 Å². The van der Waals surface area contributed by atoms with Gasteiger partial charge in [0, 0.05) is 23.0 Å². The van der Waals surface area contributed by atoms with Gasteiger partial charge in [-0.15, -0.1) is 0 Å². The van der Waals surface area contributed by atoms with Crippen molar-refractivity contribution in [2.45, 2.75) is 44.7 Å². The van der Waals surface area contributed by atoms with Crippen LogP contribution in [0.2, 0.25) is 5.02 Å². The smallest absolute Gasteiger partial charge is 0.264 e. The summed E-state index contributed by atoms with van der Waals surface area (Å²) < 4.78 is 7.27. The third-order valence-corrected chi connectivity index (χ3v) is 6.83. The molecule has 158 valence electrons. The van der Waals surface area contributed by atoms with Crippen molar-refractivity contribution in [3.8, 4) is 0 Å². The van der Waals surface area contributed by atoms with Crippen LogP contribution in [0.3, 0.4) is 0 Å². The zero-order chi connectivity index (χ0) is 21.5. The van der Waals surface area contributed by atoms with Crippen LogP contribution < -0.4 is 10.9 Å². The number of benzene rings is 2. The van der Waals surface area contributed by atoms with E-state index in [9.17, 15) is 4.79 Å². The average molecular weight is 452 g/mol. The largest absolute Gasteiger partial charge is 0.373 e. The second kappa shape index (κ2) is 8.09. The molecule has 2 unspecified atom stereocenters. The number of aromatic nitrogens is 2. The van der Waals surface area contributed by atoms with Crippen LogP contribution in [0, 0.1) is 6.92 Å². The highest BCUT2D eigenvalue weighted by Gasteiger charge is 2.28. The van der Waals surface area contributed by atoms with Gasteiger partial charge in [-0.25, -0.2) is 0 Å². The maximum atomic E-state index is 13.6. The number of halogens is 1. The quantitative estimate of drug-likeness (QED) is 0.413. The number of thiocarbonyl (C=S) groups is 1. The summed E-state index contributed by atoms with van der Waals surface area (Å²) in [7, 11) is 0. The molecule has 4 aromatic rings. The zero-order valence-electron chi connectivity index (χ0n) is 17.1. The predicted molar refractivity (Wildman–Crippen MR) is 128 cm³/mol. The van der Waals surface area contributed by atoms with Crippen LogP contribution >= 0.6 is 23.8 Å². The highest BCUT2D eigenvalue weighted by Crippen LogP contribution is 2.35. The summed E-state index contributed by atoms with van der Waals surface area (Å²) >= 11 is 12.2. The molecule has 31 heavy (non-hydrogen) atoms. The summed E-state index contributed by atoms with van der Waals surface area (Å²) in [5.41, 5.74) is 2.28. The van der Waals surface area contributed by atoms with E-state index < -0.39 is 0 Å². The maximum Gasteiger partial charge on any atom is 0.264 e. The maximum absolute atomic E-state index is 13.6. The Kier molecular flexibility index (Phi) is 5.28. The third-order valence-electron chi connectivity index (χ3n) is 6.17. The van der Waals surface area contributed by atoms with Crippen LogP contribution in [-0.4, -0.2) is 20.8 Å². The molecule has 1 aliphatic carbocycles. The number of hydrogen-bond acceptors (Lipinski definition) is 4. The first-order valence-electron chi connectivity index (χ1n) is 10.5. The lowest BCUT2D eigenvalue weighted by atomic mass is 9.90. The van der Waals surface area contributed by atoms with Crippen LogP contribution in [0.25, 0.3) is 21.8 Å². The fourth-order valence-corrected chi connectivity index (χ4v) is 5.28. The molecule has 1 saturated carbocycles. The molecule has 0 bridgehead atoms. The summed E-state index contributed by atoms with van der Waals surface area (Å²) in [4.78, 5) is 14.3. The molecule has 2 atom stereocenters. The molecule has 5 nitrogen and oxygen atoms in total. The molecule has 5 rings (SSSR count). The van der Waals surface area contributed by atoms with Crippen molar-refractivity contribution < 1.29 is 4.52 Å². The third kappa shape index (κ3) is 3.54. The second-order valence-corrected chi connectivity index (χ2v) is 8.94. The van der Waals surface area contributed by atoms with Gasteiger partial charge in [0.1, 0.15) is 21.7 Å². The number of fused-ring (bicyclic) bond motifs is 3. The standard InChI is InChI=1S/C24H22ClN3O2S/c1-14-20-22(27-30-14)21-18(25)11-6-12-19(21)28(24(20)29)17-10-5-9-16(13-17)26-23(31)15-7-3-2-4-8-15/h2-4,6-8,11-12,16-17H,5,9-10,13H2,1H3,(H,26,31). The van der Waals surface area contributed by atoms with Crippen LogP contribution in [-0.2, 0) is 0 Å². The Bertz CT molecular complexity index is 1350. The van der Waals surface area contributed by atoms with Gasteiger partial charge in [-0.2, -0.15) is 0 Å². The molecular weight excluding hydrogens is 430 g/mol. The number of rotatable bonds is 3. The molecule has 2 aromatic carbocycles. The Balaban J connectivity index is 1.55. The van der Waals surface area contributed by atoms with Crippen molar-refractivity contribution >= 4 is 50.6 Å². The first-order valence-corrected chi connectivity index (χ1v) is 11.3. The van der Waals surface area contributed by atoms with Crippen LogP contribution in [0.1, 0.15) is 43.0 Å². The van der Waals surface area contributed by atoms with Gasteiger partial charge in [0.25, 0.3) is 5.56 Å². The van der Waals surface area contributed by atoms with Gasteiger partial charge in [0.15, 0.2) is 0 Å². The van der Waals surface area contributed by atoms with Crippen molar-refractivity contribution in [1.29, 1.82) is 0 Å². The first-order chi connectivity index (χ1) is 15.0. The van der Waals surface area contributed by atoms with E-state index in [1.807, 2.05) is 53.1 Å². The van der Waals surface area contributed by atoms with Crippen molar-refractivity contribution in [1.82, 2.24) is 15.0 Å². The zero-order valence-corrected chi connectivity index (χ0v) is 18.7. The second-order valence-electron chi connectivity index (χ2n) is 8.13. The Morgan fingerprint density at radius 1 is 1.16 bits per heavy atom. The molecule has 2 aromatic heterocycles. The summed E-state index contributed by atoms with van der Waals surface area (Å²) in [5, 5.41) is 9.50. The van der Waals surface area contributed by atoms with Crippen molar-refractivity contribution in [2.75, 3.05) is 0 Å². The monoisotopic (exact) mass is 451 g/mol. The van der Waals surface area contributed by atoms with E-state index in [1.54, 1.807) is 6.92 Å². The molecule has 0 spiro atoms. The predicted octanol–water partition coefficient (Wildman–Crippen LogP) is 5.55. The molecule has 1 aliphatic rings. The lowest BCUT2D eigenvalue weighted by Crippen LogP contribution is -2.40. The molecule has 1 fully saturated rings. The fourth-order valence-electron chi connectivity index (χ4n) is 4.72. The Labute approximate surface area is 190 Å². The number of nitrogens with one attached hydrogen (secondary N) is 1. The van der Waals surface area contributed by atoms with Crippen molar-refractivity contribution in [2.24, 2.45) is 0 Å². The highest BCUT2D eigenvalue weighted by atomic mass is 35.5. The van der Waals surface area contributed by atoms with Crippen LogP contribution in [0.4, 0.5) is 0 Å². The van der Waals surface area contributed by atoms with Crippen LogP contribution in [0.5, 0.6) is 0 Å². The van der Waals surface area contributed by atoms with E-state index >= 15 is 0 Å². The topological polar surface area (TPSA) is 60.1 Å². The lowest BCUT2D eigenvalue weighted by Gasteiger charge is -2.32. The summed E-state index contributed by atoms with van der Waals surface area (Å²) in [6.45, 7) is 1.77. The molecule has 7 heteroatoms. The van der Waals surface area contributed by atoms with E-state index in [2.05, 4.69) is 10.5 Å². The summed E-state index contributed by atoms with van der Waals surface area (Å²) in [5.74, 6) is 0.520. The molecule has 2 heterocycles. The molecule has 0 amide bonds. The number of nitrogens with zero attached hydrogens (tertiary/aromatic N) is 2. The Hall–Kier alpha value is -2.70. The van der Waals surface area contributed by atoms with Crippen molar-refractivity contribution in [3.05, 3.63) is 75.2 Å². The van der Waals surface area contributed by atoms with Gasteiger partial charge in [-0.05, 0) is 44.7 Å². The highest BCUT2D eigenvalue weighted by molar-refractivity contribution is 7.80. The van der Waals surface area contributed by atoms with Gasteiger partial charge < -0.3 is 14.4 Å². The van der Waals surface area contributed by atoms with E-state index in [0.29, 0.717) is 21.7 Å².